The van der Waals surface area contributed by atoms with Crippen molar-refractivity contribution in [3.63, 3.8) is 0 Å². The Morgan fingerprint density at radius 1 is 0.794 bits per heavy atom. The second-order valence-corrected chi connectivity index (χ2v) is 9.63. The topological polar surface area (TPSA) is 35.9 Å². The Hall–Kier alpha value is -2.50. The first kappa shape index (κ1) is 23.3. The molecule has 178 valence electrons. The molecule has 0 unspecified atom stereocenters. The fourth-order valence-corrected chi connectivity index (χ4v) is 5.55. The van der Waals surface area contributed by atoms with E-state index in [-0.39, 0.29) is 12.1 Å². The van der Waals surface area contributed by atoms with Crippen molar-refractivity contribution >= 4 is 0 Å². The van der Waals surface area contributed by atoms with Crippen molar-refractivity contribution in [3.05, 3.63) is 107 Å². The average molecular weight is 457 g/mol. The third-order valence-electron chi connectivity index (χ3n) is 7.28. The van der Waals surface area contributed by atoms with E-state index < -0.39 is 6.10 Å². The lowest BCUT2D eigenvalue weighted by Crippen LogP contribution is -2.50. The summed E-state index contributed by atoms with van der Waals surface area (Å²) in [6.45, 7) is 4.95. The molecule has 0 saturated carbocycles. The van der Waals surface area contributed by atoms with Crippen molar-refractivity contribution in [3.8, 4) is 0 Å². The zero-order valence-electron chi connectivity index (χ0n) is 19.9. The number of piperazine rings is 1. The summed E-state index contributed by atoms with van der Waals surface area (Å²) < 4.78 is 6.20. The van der Waals surface area contributed by atoms with Crippen LogP contribution in [0.5, 0.6) is 0 Å². The smallest absolute Gasteiger partial charge is 0.0900 e. The van der Waals surface area contributed by atoms with Crippen LogP contribution in [0.25, 0.3) is 0 Å². The minimum Gasteiger partial charge on any atom is -0.389 e. The number of β-amino-alcohol motifs (C(OH)–C–C–N with tert-alkyl or cyclic N) is 1. The molecule has 1 heterocycles. The lowest BCUT2D eigenvalue weighted by Gasteiger charge is -2.40. The van der Waals surface area contributed by atoms with E-state index >= 15 is 0 Å². The van der Waals surface area contributed by atoms with Gasteiger partial charge in [0.25, 0.3) is 0 Å². The molecular weight excluding hydrogens is 420 g/mol. The normalized spacial score (nSPS) is 20.2. The average Bonchev–Trinajstić information content (AvgIpc) is 2.90. The van der Waals surface area contributed by atoms with E-state index in [9.17, 15) is 5.11 Å². The molecule has 1 aliphatic heterocycles. The van der Waals surface area contributed by atoms with Crippen LogP contribution in [-0.4, -0.2) is 60.3 Å². The van der Waals surface area contributed by atoms with Crippen LogP contribution in [-0.2, 0) is 11.2 Å². The number of fused-ring (bicyclic) bond motifs is 1. The molecule has 1 fully saturated rings. The van der Waals surface area contributed by atoms with Gasteiger partial charge in [-0.2, -0.15) is 0 Å². The summed E-state index contributed by atoms with van der Waals surface area (Å²) in [7, 11) is 0. The van der Waals surface area contributed by atoms with Crippen LogP contribution in [0.2, 0.25) is 0 Å². The fraction of sp³-hybridized carbons (Fsp3) is 0.400. The van der Waals surface area contributed by atoms with Crippen molar-refractivity contribution in [1.29, 1.82) is 0 Å². The Labute approximate surface area is 203 Å². The molecule has 3 aromatic rings. The van der Waals surface area contributed by atoms with Crippen LogP contribution in [0, 0.1) is 0 Å². The summed E-state index contributed by atoms with van der Waals surface area (Å²) in [5.41, 5.74) is 5.38. The molecule has 2 aliphatic rings. The van der Waals surface area contributed by atoms with Gasteiger partial charge in [0.15, 0.2) is 0 Å². The Balaban J connectivity index is 1.14. The number of nitrogens with zero attached hydrogens (tertiary/aromatic N) is 2. The van der Waals surface area contributed by atoms with Gasteiger partial charge in [0.1, 0.15) is 0 Å². The zero-order chi connectivity index (χ0) is 23.2. The van der Waals surface area contributed by atoms with Crippen molar-refractivity contribution in [1.82, 2.24) is 9.80 Å². The highest BCUT2D eigenvalue weighted by molar-refractivity contribution is 5.32. The third-order valence-corrected chi connectivity index (χ3v) is 7.28. The van der Waals surface area contributed by atoms with Gasteiger partial charge in [-0.1, -0.05) is 84.9 Å². The maximum Gasteiger partial charge on any atom is 0.0900 e. The van der Waals surface area contributed by atoms with Crippen LogP contribution in [0.4, 0.5) is 0 Å². The molecule has 4 nitrogen and oxygen atoms in total. The fourth-order valence-electron chi connectivity index (χ4n) is 5.55. The summed E-state index contributed by atoms with van der Waals surface area (Å²) in [6.07, 6.45) is 3.00. The third kappa shape index (κ3) is 5.59. The van der Waals surface area contributed by atoms with E-state index in [0.717, 1.165) is 45.4 Å². The molecule has 0 bridgehead atoms. The van der Waals surface area contributed by atoms with Crippen LogP contribution in [0.15, 0.2) is 84.9 Å². The molecule has 1 saturated heterocycles. The molecule has 4 heteroatoms. The van der Waals surface area contributed by atoms with Crippen molar-refractivity contribution in [2.24, 2.45) is 0 Å². The number of hydrogen-bond acceptors (Lipinski definition) is 4. The maximum absolute atomic E-state index is 10.7. The van der Waals surface area contributed by atoms with Crippen molar-refractivity contribution in [2.45, 2.75) is 37.5 Å². The van der Waals surface area contributed by atoms with Gasteiger partial charge >= 0.3 is 0 Å². The number of rotatable bonds is 8. The molecule has 0 radical (unpaired) electrons. The Morgan fingerprint density at radius 3 is 2.09 bits per heavy atom. The molecule has 0 aromatic heterocycles. The van der Waals surface area contributed by atoms with Gasteiger partial charge in [0.2, 0.25) is 0 Å². The van der Waals surface area contributed by atoms with E-state index in [1.807, 2.05) is 0 Å². The van der Waals surface area contributed by atoms with Crippen LogP contribution in [0.1, 0.15) is 47.2 Å². The number of aliphatic hydroxyl groups is 1. The van der Waals surface area contributed by atoms with E-state index in [1.54, 1.807) is 0 Å². The summed E-state index contributed by atoms with van der Waals surface area (Å²) in [5.74, 6) is 0. The minimum atomic E-state index is -0.459. The number of aliphatic hydroxyl groups excluding tert-OH is 1. The second kappa shape index (κ2) is 11.3. The van der Waals surface area contributed by atoms with E-state index in [1.165, 1.54) is 22.3 Å². The Kier molecular flexibility index (Phi) is 7.72. The summed E-state index contributed by atoms with van der Waals surface area (Å²) >= 11 is 0. The van der Waals surface area contributed by atoms with Gasteiger partial charge in [-0.25, -0.2) is 0 Å². The maximum atomic E-state index is 10.7. The van der Waals surface area contributed by atoms with Crippen LogP contribution in [0.3, 0.4) is 0 Å². The van der Waals surface area contributed by atoms with E-state index in [4.69, 9.17) is 4.74 Å². The van der Waals surface area contributed by atoms with Gasteiger partial charge in [0, 0.05) is 32.7 Å². The number of hydrogen-bond donors (Lipinski definition) is 1. The lowest BCUT2D eigenvalue weighted by atomic mass is 9.89. The predicted molar refractivity (Wildman–Crippen MR) is 137 cm³/mol. The van der Waals surface area contributed by atoms with Gasteiger partial charge in [-0.05, 0) is 41.5 Å². The SMILES string of the molecule is O[C@H](CO[C@@H]1CCCc2ccccc21)CN1CCN(C(c2ccccc2)c2ccccc2)CC1. The number of aryl methyl sites for hydroxylation is 1. The van der Waals surface area contributed by atoms with E-state index in [2.05, 4.69) is 94.7 Å². The molecule has 1 N–H and O–H groups in total. The molecule has 0 amide bonds. The summed E-state index contributed by atoms with van der Waals surface area (Å²) in [6, 6.07) is 30.5. The molecule has 34 heavy (non-hydrogen) atoms. The first-order valence-electron chi connectivity index (χ1n) is 12.7. The molecule has 2 atom stereocenters. The predicted octanol–water partition coefficient (Wildman–Crippen LogP) is 4.85. The summed E-state index contributed by atoms with van der Waals surface area (Å²) in [5, 5.41) is 10.7. The van der Waals surface area contributed by atoms with Crippen molar-refractivity contribution < 1.29 is 9.84 Å². The molecule has 5 rings (SSSR count). The minimum absolute atomic E-state index is 0.119. The highest BCUT2D eigenvalue weighted by atomic mass is 16.5. The first-order chi connectivity index (χ1) is 16.8. The molecule has 3 aromatic carbocycles. The van der Waals surface area contributed by atoms with Gasteiger partial charge < -0.3 is 9.84 Å². The second-order valence-electron chi connectivity index (χ2n) is 9.63. The first-order valence-corrected chi connectivity index (χ1v) is 12.7. The largest absolute Gasteiger partial charge is 0.389 e. The van der Waals surface area contributed by atoms with Gasteiger partial charge in [0.05, 0.1) is 24.9 Å². The highest BCUT2D eigenvalue weighted by Crippen LogP contribution is 2.32. The van der Waals surface area contributed by atoms with Crippen molar-refractivity contribution in [2.75, 3.05) is 39.3 Å². The van der Waals surface area contributed by atoms with Crippen LogP contribution < -0.4 is 0 Å². The number of ether oxygens (including phenoxy) is 1. The molecule has 0 spiro atoms. The Morgan fingerprint density at radius 2 is 1.41 bits per heavy atom. The summed E-state index contributed by atoms with van der Waals surface area (Å²) in [4.78, 5) is 4.95. The van der Waals surface area contributed by atoms with Gasteiger partial charge in [-0.3, -0.25) is 9.80 Å². The number of benzene rings is 3. The highest BCUT2D eigenvalue weighted by Gasteiger charge is 2.27. The van der Waals surface area contributed by atoms with E-state index in [0.29, 0.717) is 13.2 Å². The quantitative estimate of drug-likeness (QED) is 0.526. The molecule has 1 aliphatic carbocycles. The Bertz CT molecular complexity index is 979. The standard InChI is InChI=1S/C30H36N2O2/c33-27(23-34-29-17-9-15-24-10-7-8-16-28(24)29)22-31-18-20-32(21-19-31)30(25-11-3-1-4-12-25)26-13-5-2-6-14-26/h1-8,10-14,16,27,29-30,33H,9,15,17-23H2/t27-,29+/m0/s1. The van der Waals surface area contributed by atoms with Gasteiger partial charge in [-0.15, -0.1) is 0 Å². The zero-order valence-corrected chi connectivity index (χ0v) is 19.9. The lowest BCUT2D eigenvalue weighted by molar-refractivity contribution is -0.0331. The monoisotopic (exact) mass is 456 g/mol. The van der Waals surface area contributed by atoms with Crippen LogP contribution >= 0.6 is 0 Å². The molecular formula is C30H36N2O2.